The molecule has 3 aromatic rings. The zero-order valence-electron chi connectivity index (χ0n) is 13.1. The fourth-order valence-corrected chi connectivity index (χ4v) is 2.18. The number of imidazole rings is 1. The minimum atomic E-state index is -0.466. The fourth-order valence-electron chi connectivity index (χ4n) is 2.18. The molecule has 0 fully saturated rings. The van der Waals surface area contributed by atoms with Crippen LogP contribution in [-0.4, -0.2) is 19.5 Å². The van der Waals surface area contributed by atoms with Crippen LogP contribution in [0.3, 0.4) is 0 Å². The minimum Gasteiger partial charge on any atom is -0.336 e. The topological polar surface area (TPSA) is 55.6 Å². The number of nitrogens with zero attached hydrogens (tertiary/aromatic N) is 4. The first-order valence-electron chi connectivity index (χ1n) is 7.19. The van der Waals surface area contributed by atoms with Crippen LogP contribution in [0.1, 0.15) is 27.0 Å². The van der Waals surface area contributed by atoms with Crippen molar-refractivity contribution < 1.29 is 5.76 Å². The monoisotopic (exact) mass is 286 g/mol. The lowest BCUT2D eigenvalue weighted by Gasteiger charge is -2.13. The molecule has 0 bridgehead atoms. The Balaban J connectivity index is 2.17. The summed E-state index contributed by atoms with van der Waals surface area (Å²) in [5, 5.41) is 2.97. The Labute approximate surface area is 123 Å². The first kappa shape index (κ1) is 12.3. The first-order chi connectivity index (χ1) is 10.5. The third-order valence-corrected chi connectivity index (χ3v) is 3.23. The van der Waals surface area contributed by atoms with Gasteiger partial charge < -0.3 is 9.88 Å². The van der Waals surface area contributed by atoms with Crippen molar-refractivity contribution in [3.8, 4) is 0 Å². The summed E-state index contributed by atoms with van der Waals surface area (Å²) in [6, 6.07) is 3.37. The molecule has 3 heterocycles. The highest BCUT2D eigenvalue weighted by Crippen LogP contribution is 2.27. The average Bonchev–Trinajstić information content (AvgIpc) is 2.86. The second-order valence-corrected chi connectivity index (χ2v) is 5.14. The Hall–Kier alpha value is -2.50. The van der Waals surface area contributed by atoms with E-state index in [9.17, 15) is 4.39 Å². The number of aryl methyl sites for hydroxylation is 1. The minimum absolute atomic E-state index is 0.0789. The van der Waals surface area contributed by atoms with Gasteiger partial charge in [-0.15, -0.1) is 0 Å². The molecule has 0 saturated heterocycles. The first-order valence-corrected chi connectivity index (χ1v) is 6.69. The SMILES string of the molecule is [2H]c1cc2ncn(C(C)C)c2c(Nc2cc(C)ncc2F)n1. The van der Waals surface area contributed by atoms with Crippen molar-refractivity contribution in [1.29, 1.82) is 0 Å². The van der Waals surface area contributed by atoms with Gasteiger partial charge in [0.2, 0.25) is 0 Å². The largest absolute Gasteiger partial charge is 0.336 e. The van der Waals surface area contributed by atoms with Gasteiger partial charge in [-0.05, 0) is 32.9 Å². The molecule has 0 atom stereocenters. The standard InChI is InChI=1S/C15H16FN5/c1-9(2)21-8-19-12-4-5-17-15(14(12)21)20-13-6-10(3)18-7-11(13)16/h4-9H,1-3H3,(H,17,18,20)/i5D. The van der Waals surface area contributed by atoms with Crippen molar-refractivity contribution in [2.24, 2.45) is 0 Å². The molecule has 0 radical (unpaired) electrons. The maximum absolute atomic E-state index is 13.9. The van der Waals surface area contributed by atoms with E-state index in [1.807, 2.05) is 18.4 Å². The number of aromatic nitrogens is 4. The lowest BCUT2D eigenvalue weighted by Crippen LogP contribution is -2.04. The molecule has 108 valence electrons. The maximum Gasteiger partial charge on any atom is 0.164 e. The van der Waals surface area contributed by atoms with Crippen molar-refractivity contribution in [3.63, 3.8) is 0 Å². The van der Waals surface area contributed by atoms with Gasteiger partial charge in [0.1, 0.15) is 5.52 Å². The van der Waals surface area contributed by atoms with E-state index in [1.54, 1.807) is 25.4 Å². The maximum atomic E-state index is 13.9. The van der Waals surface area contributed by atoms with Crippen molar-refractivity contribution in [2.75, 3.05) is 5.32 Å². The molecule has 0 aromatic carbocycles. The van der Waals surface area contributed by atoms with Crippen molar-refractivity contribution >= 4 is 22.5 Å². The number of hydrogen-bond acceptors (Lipinski definition) is 4. The van der Waals surface area contributed by atoms with E-state index in [0.717, 1.165) is 5.52 Å². The van der Waals surface area contributed by atoms with Crippen LogP contribution < -0.4 is 5.32 Å². The predicted octanol–water partition coefficient (Wildman–Crippen LogP) is 3.60. The summed E-state index contributed by atoms with van der Waals surface area (Å²) in [6.07, 6.45) is 2.95. The third-order valence-electron chi connectivity index (χ3n) is 3.23. The van der Waals surface area contributed by atoms with Crippen LogP contribution >= 0.6 is 0 Å². The van der Waals surface area contributed by atoms with Crippen molar-refractivity contribution in [3.05, 3.63) is 42.3 Å². The lowest BCUT2D eigenvalue weighted by molar-refractivity contribution is 0.617. The predicted molar refractivity (Wildman–Crippen MR) is 80.1 cm³/mol. The van der Waals surface area contributed by atoms with Gasteiger partial charge in [-0.3, -0.25) is 4.98 Å². The van der Waals surface area contributed by atoms with E-state index < -0.39 is 5.82 Å². The summed E-state index contributed by atoms with van der Waals surface area (Å²) in [7, 11) is 0. The number of pyridine rings is 2. The highest BCUT2D eigenvalue weighted by Gasteiger charge is 2.13. The van der Waals surface area contributed by atoms with Crippen molar-refractivity contribution in [1.82, 2.24) is 19.5 Å². The smallest absolute Gasteiger partial charge is 0.164 e. The summed E-state index contributed by atoms with van der Waals surface area (Å²) in [6.45, 7) is 5.83. The molecule has 3 aromatic heterocycles. The molecular weight excluding hydrogens is 269 g/mol. The van der Waals surface area contributed by atoms with E-state index in [1.165, 1.54) is 6.20 Å². The summed E-state index contributed by atoms with van der Waals surface area (Å²) >= 11 is 0. The molecule has 3 rings (SSSR count). The van der Waals surface area contributed by atoms with Gasteiger partial charge in [0, 0.05) is 17.9 Å². The summed E-state index contributed by atoms with van der Waals surface area (Å²) < 4.78 is 23.6. The van der Waals surface area contributed by atoms with Gasteiger partial charge >= 0.3 is 0 Å². The summed E-state index contributed by atoms with van der Waals surface area (Å²) in [5.74, 6) is -0.0512. The molecular formula is C15H16FN5. The summed E-state index contributed by atoms with van der Waals surface area (Å²) in [4.78, 5) is 12.4. The Morgan fingerprint density at radius 3 is 2.90 bits per heavy atom. The van der Waals surface area contributed by atoms with E-state index in [0.29, 0.717) is 17.0 Å². The van der Waals surface area contributed by atoms with Crippen LogP contribution in [0.5, 0.6) is 0 Å². The van der Waals surface area contributed by atoms with E-state index >= 15 is 0 Å². The van der Waals surface area contributed by atoms with Gasteiger partial charge in [0.05, 0.1) is 25.1 Å². The Morgan fingerprint density at radius 2 is 2.14 bits per heavy atom. The zero-order chi connectivity index (χ0) is 15.9. The molecule has 0 amide bonds. The summed E-state index contributed by atoms with van der Waals surface area (Å²) in [5.41, 5.74) is 2.38. The molecule has 21 heavy (non-hydrogen) atoms. The normalized spacial score (nSPS) is 12.0. The van der Waals surface area contributed by atoms with E-state index in [2.05, 4.69) is 20.3 Å². The molecule has 6 heteroatoms. The van der Waals surface area contributed by atoms with Crippen LogP contribution in [0.4, 0.5) is 15.9 Å². The molecule has 0 aliphatic heterocycles. The molecule has 1 N–H and O–H groups in total. The number of fused-ring (bicyclic) bond motifs is 1. The fraction of sp³-hybridized carbons (Fsp3) is 0.267. The second kappa shape index (κ2) is 5.12. The average molecular weight is 286 g/mol. The number of anilines is 2. The number of nitrogens with one attached hydrogen (secondary N) is 1. The van der Waals surface area contributed by atoms with Crippen LogP contribution in [0.2, 0.25) is 0 Å². The quantitative estimate of drug-likeness (QED) is 0.799. The zero-order valence-corrected chi connectivity index (χ0v) is 12.1. The van der Waals surface area contributed by atoms with E-state index in [4.69, 9.17) is 1.37 Å². The van der Waals surface area contributed by atoms with Gasteiger partial charge in [-0.1, -0.05) is 0 Å². The molecule has 0 spiro atoms. The van der Waals surface area contributed by atoms with Gasteiger partial charge in [-0.25, -0.2) is 14.4 Å². The third kappa shape index (κ3) is 2.44. The van der Waals surface area contributed by atoms with Crippen LogP contribution in [0.25, 0.3) is 11.0 Å². The second-order valence-electron chi connectivity index (χ2n) is 5.14. The Bertz CT molecular complexity index is 843. The number of rotatable bonds is 3. The van der Waals surface area contributed by atoms with E-state index in [-0.39, 0.29) is 17.9 Å². The number of halogens is 1. The molecule has 0 aliphatic carbocycles. The van der Waals surface area contributed by atoms with Gasteiger partial charge in [-0.2, -0.15) is 0 Å². The Morgan fingerprint density at radius 1 is 1.33 bits per heavy atom. The van der Waals surface area contributed by atoms with Gasteiger partial charge in [0.25, 0.3) is 0 Å². The highest BCUT2D eigenvalue weighted by atomic mass is 19.1. The molecule has 0 aliphatic rings. The van der Waals surface area contributed by atoms with Crippen LogP contribution in [0.15, 0.2) is 30.8 Å². The van der Waals surface area contributed by atoms with Crippen molar-refractivity contribution in [2.45, 2.75) is 26.8 Å². The lowest BCUT2D eigenvalue weighted by atomic mass is 10.3. The highest BCUT2D eigenvalue weighted by molar-refractivity contribution is 5.88. The molecule has 0 saturated carbocycles. The van der Waals surface area contributed by atoms with Crippen LogP contribution in [-0.2, 0) is 0 Å². The number of hydrogen-bond donors (Lipinski definition) is 1. The molecule has 5 nitrogen and oxygen atoms in total. The molecule has 0 unspecified atom stereocenters. The Kier molecular flexibility index (Phi) is 2.99. The van der Waals surface area contributed by atoms with Gasteiger partial charge in [0.15, 0.2) is 11.6 Å². The van der Waals surface area contributed by atoms with Crippen LogP contribution in [0, 0.1) is 12.7 Å².